The lowest BCUT2D eigenvalue weighted by molar-refractivity contribution is -0.127. The molecule has 7 heteroatoms. The van der Waals surface area contributed by atoms with Gasteiger partial charge < -0.3 is 15.1 Å². The maximum atomic E-state index is 11.9. The fourth-order valence-corrected chi connectivity index (χ4v) is 4.76. The Hall–Kier alpha value is -1.99. The molecule has 6 nitrogen and oxygen atoms in total. The summed E-state index contributed by atoms with van der Waals surface area (Å²) in [4.78, 5) is 16.3. The van der Waals surface area contributed by atoms with E-state index in [9.17, 15) is 4.79 Å². The van der Waals surface area contributed by atoms with Crippen molar-refractivity contribution >= 4 is 22.9 Å². The Bertz CT molecular complexity index is 799. The van der Waals surface area contributed by atoms with E-state index in [0.717, 1.165) is 54.6 Å². The van der Waals surface area contributed by atoms with Crippen LogP contribution in [0.4, 0.5) is 5.69 Å². The number of aromatic nitrogens is 2. The Morgan fingerprint density at radius 1 is 1.22 bits per heavy atom. The van der Waals surface area contributed by atoms with Gasteiger partial charge in [0.25, 0.3) is 0 Å². The predicted molar refractivity (Wildman–Crippen MR) is 109 cm³/mol. The van der Waals surface area contributed by atoms with E-state index in [0.29, 0.717) is 18.5 Å². The second-order valence-corrected chi connectivity index (χ2v) is 8.62. The van der Waals surface area contributed by atoms with Crippen LogP contribution in [-0.2, 0) is 4.79 Å². The molecule has 1 N–H and O–H groups in total. The quantitative estimate of drug-likeness (QED) is 0.857. The number of benzene rings is 1. The Labute approximate surface area is 164 Å². The Kier molecular flexibility index (Phi) is 5.41. The number of carbonyl (C=O) groups is 1. The largest absolute Gasteiger partial charge is 0.371 e. The van der Waals surface area contributed by atoms with Crippen molar-refractivity contribution in [3.05, 3.63) is 29.3 Å². The molecular weight excluding hydrogens is 358 g/mol. The molecule has 1 unspecified atom stereocenters. The molecular formula is C20H27N5OS. The standard InChI is InChI=1S/C20H27N5OS/c1-3-24-13-17(12-19(24)26)21-16-7-9-25(10-8-16)18-6-4-5-15(11-18)20-23-22-14(2)27-20/h4-6,11,16-17,21H,3,7-10,12-13H2,1-2H3. The molecule has 4 rings (SSSR count). The summed E-state index contributed by atoms with van der Waals surface area (Å²) in [6.07, 6.45) is 2.87. The van der Waals surface area contributed by atoms with Crippen molar-refractivity contribution in [1.29, 1.82) is 0 Å². The van der Waals surface area contributed by atoms with Gasteiger partial charge in [0.05, 0.1) is 0 Å². The summed E-state index contributed by atoms with van der Waals surface area (Å²) in [6.45, 7) is 7.79. The molecule has 27 heavy (non-hydrogen) atoms. The van der Waals surface area contributed by atoms with E-state index in [1.807, 2.05) is 11.8 Å². The number of aryl methyl sites for hydroxylation is 1. The number of nitrogens with one attached hydrogen (secondary N) is 1. The fourth-order valence-electron chi connectivity index (χ4n) is 4.08. The normalized spacial score (nSPS) is 21.3. The monoisotopic (exact) mass is 385 g/mol. The number of likely N-dealkylation sites (tertiary alicyclic amines) is 1. The molecule has 2 aromatic rings. The molecule has 0 spiro atoms. The molecule has 0 radical (unpaired) electrons. The van der Waals surface area contributed by atoms with Crippen LogP contribution in [0.2, 0.25) is 0 Å². The highest BCUT2D eigenvalue weighted by Gasteiger charge is 2.30. The van der Waals surface area contributed by atoms with Gasteiger partial charge in [-0.25, -0.2) is 0 Å². The number of carbonyl (C=O) groups excluding carboxylic acids is 1. The third kappa shape index (κ3) is 4.14. The van der Waals surface area contributed by atoms with Crippen LogP contribution in [0.5, 0.6) is 0 Å². The zero-order valence-electron chi connectivity index (χ0n) is 16.0. The molecule has 1 aromatic heterocycles. The van der Waals surface area contributed by atoms with Crippen LogP contribution in [0.3, 0.4) is 0 Å². The van der Waals surface area contributed by atoms with Gasteiger partial charge in [0, 0.05) is 55.9 Å². The van der Waals surface area contributed by atoms with Crippen molar-refractivity contribution in [2.24, 2.45) is 0 Å². The van der Waals surface area contributed by atoms with Crippen LogP contribution < -0.4 is 10.2 Å². The van der Waals surface area contributed by atoms with E-state index in [1.54, 1.807) is 11.3 Å². The van der Waals surface area contributed by atoms with Crippen LogP contribution in [0.25, 0.3) is 10.6 Å². The number of hydrogen-bond donors (Lipinski definition) is 1. The van der Waals surface area contributed by atoms with Crippen LogP contribution in [0.15, 0.2) is 24.3 Å². The summed E-state index contributed by atoms with van der Waals surface area (Å²) in [7, 11) is 0. The smallest absolute Gasteiger partial charge is 0.224 e. The lowest BCUT2D eigenvalue weighted by Crippen LogP contribution is -2.47. The van der Waals surface area contributed by atoms with Gasteiger partial charge in [-0.2, -0.15) is 0 Å². The lowest BCUT2D eigenvalue weighted by atomic mass is 10.0. The van der Waals surface area contributed by atoms with Crippen molar-refractivity contribution in [2.75, 3.05) is 31.1 Å². The fraction of sp³-hybridized carbons (Fsp3) is 0.550. The van der Waals surface area contributed by atoms with Gasteiger partial charge in [-0.15, -0.1) is 10.2 Å². The number of nitrogens with zero attached hydrogens (tertiary/aromatic N) is 4. The summed E-state index contributed by atoms with van der Waals surface area (Å²) < 4.78 is 0. The van der Waals surface area contributed by atoms with Crippen LogP contribution >= 0.6 is 11.3 Å². The summed E-state index contributed by atoms with van der Waals surface area (Å²) in [5.41, 5.74) is 2.40. The highest BCUT2D eigenvalue weighted by atomic mass is 32.1. The van der Waals surface area contributed by atoms with E-state index >= 15 is 0 Å². The van der Waals surface area contributed by atoms with E-state index in [1.165, 1.54) is 5.69 Å². The maximum absolute atomic E-state index is 11.9. The zero-order chi connectivity index (χ0) is 18.8. The van der Waals surface area contributed by atoms with Gasteiger partial charge in [-0.05, 0) is 38.8 Å². The summed E-state index contributed by atoms with van der Waals surface area (Å²) >= 11 is 1.63. The van der Waals surface area contributed by atoms with Crippen molar-refractivity contribution in [1.82, 2.24) is 20.4 Å². The molecule has 0 aliphatic carbocycles. The second-order valence-electron chi connectivity index (χ2n) is 7.44. The first-order valence-electron chi connectivity index (χ1n) is 9.81. The van der Waals surface area contributed by atoms with Crippen LogP contribution in [-0.4, -0.2) is 59.3 Å². The Morgan fingerprint density at radius 2 is 2.04 bits per heavy atom. The van der Waals surface area contributed by atoms with E-state index in [-0.39, 0.29) is 5.91 Å². The molecule has 0 bridgehead atoms. The van der Waals surface area contributed by atoms with Gasteiger partial charge in [-0.3, -0.25) is 4.79 Å². The number of amides is 1. The Balaban J connectivity index is 1.34. The minimum atomic E-state index is 0.288. The number of rotatable bonds is 5. The molecule has 3 heterocycles. The van der Waals surface area contributed by atoms with Gasteiger partial charge in [0.15, 0.2) is 0 Å². The first-order valence-corrected chi connectivity index (χ1v) is 10.6. The average molecular weight is 386 g/mol. The topological polar surface area (TPSA) is 61.4 Å². The average Bonchev–Trinajstić information content (AvgIpc) is 3.27. The number of piperidine rings is 1. The van der Waals surface area contributed by atoms with Crippen LogP contribution in [0.1, 0.15) is 31.2 Å². The van der Waals surface area contributed by atoms with Crippen molar-refractivity contribution < 1.29 is 4.79 Å². The molecule has 2 saturated heterocycles. The van der Waals surface area contributed by atoms with Crippen molar-refractivity contribution in [2.45, 2.75) is 45.2 Å². The van der Waals surface area contributed by atoms with Crippen molar-refractivity contribution in [3.63, 3.8) is 0 Å². The highest BCUT2D eigenvalue weighted by Crippen LogP contribution is 2.28. The SMILES string of the molecule is CCN1CC(NC2CCN(c3cccc(-c4nnc(C)s4)c3)CC2)CC1=O. The third-order valence-electron chi connectivity index (χ3n) is 5.55. The summed E-state index contributed by atoms with van der Waals surface area (Å²) in [5, 5.41) is 14.1. The highest BCUT2D eigenvalue weighted by molar-refractivity contribution is 7.14. The first kappa shape index (κ1) is 18.4. The second kappa shape index (κ2) is 7.94. The third-order valence-corrected chi connectivity index (χ3v) is 6.43. The zero-order valence-corrected chi connectivity index (χ0v) is 16.8. The predicted octanol–water partition coefficient (Wildman–Crippen LogP) is 2.69. The van der Waals surface area contributed by atoms with Gasteiger partial charge in [0.1, 0.15) is 10.0 Å². The molecule has 1 amide bonds. The van der Waals surface area contributed by atoms with Crippen molar-refractivity contribution in [3.8, 4) is 10.6 Å². The number of anilines is 1. The Morgan fingerprint density at radius 3 is 2.70 bits per heavy atom. The molecule has 2 aliphatic heterocycles. The molecule has 2 fully saturated rings. The van der Waals surface area contributed by atoms with Gasteiger partial charge >= 0.3 is 0 Å². The summed E-state index contributed by atoms with van der Waals surface area (Å²) in [5.74, 6) is 0.288. The van der Waals surface area contributed by atoms with E-state index in [4.69, 9.17) is 0 Å². The van der Waals surface area contributed by atoms with Crippen LogP contribution in [0, 0.1) is 6.92 Å². The van der Waals surface area contributed by atoms with Gasteiger partial charge in [0.2, 0.25) is 5.91 Å². The lowest BCUT2D eigenvalue weighted by Gasteiger charge is -2.35. The van der Waals surface area contributed by atoms with E-state index < -0.39 is 0 Å². The maximum Gasteiger partial charge on any atom is 0.224 e. The minimum Gasteiger partial charge on any atom is -0.371 e. The number of hydrogen-bond acceptors (Lipinski definition) is 6. The molecule has 0 saturated carbocycles. The first-order chi connectivity index (χ1) is 13.1. The molecule has 144 valence electrons. The van der Waals surface area contributed by atoms with Gasteiger partial charge in [-0.1, -0.05) is 23.5 Å². The van der Waals surface area contributed by atoms with E-state index in [2.05, 4.69) is 51.6 Å². The molecule has 1 aromatic carbocycles. The molecule has 1 atom stereocenters. The molecule has 2 aliphatic rings. The minimum absolute atomic E-state index is 0.288. The summed E-state index contributed by atoms with van der Waals surface area (Å²) in [6, 6.07) is 9.44. The number of likely N-dealkylation sites (N-methyl/N-ethyl adjacent to an activating group) is 1.